The number of hydrogen-bond acceptors (Lipinski definition) is 30. The zero-order valence-electron chi connectivity index (χ0n) is 77.7. The maximum absolute atomic E-state index is 13.5. The van der Waals surface area contributed by atoms with E-state index in [4.69, 9.17) is 37.3 Å². The molecule has 0 unspecified atom stereocenters. The van der Waals surface area contributed by atoms with Crippen molar-refractivity contribution >= 4 is 182 Å². The number of nitrogens with two attached hydrogens (primary N) is 2. The maximum Gasteiger partial charge on any atom is 0.268 e. The number of carbonyl (C=O) groups is 8. The van der Waals surface area contributed by atoms with Gasteiger partial charge in [-0.3, -0.25) is 43.7 Å². The number of aromatic hydroxyl groups is 3. The lowest BCUT2D eigenvalue weighted by Crippen LogP contribution is -2.14. The summed E-state index contributed by atoms with van der Waals surface area (Å²) in [6.45, 7) is 6.17. The SMILES string of the molecule is C=COCCCCCOc1ccc(NC(=O)c2cc3ccccc3c(N=Nc3ncccc3C(N)=O)c2O)cc1.CC(=O)Nc1ccc(Oc2c(C(=O)Nc3ccccc3)cc3ccccc3c2N=Nc2ncccn2)cc1.NC(=O)c1ccc(NC(=O)c2cc3cc(Cl)ccc3c(N=Nc3cccnn3)c2O)cc1.O=C(Nc1ncccn1)c1cccnc1N=Nc1c(O)c(C(=O)Nc2ccccc2)cc2ccccc12. The van der Waals surface area contributed by atoms with Gasteiger partial charge in [-0.05, 0) is 223 Å². The molecule has 38 nitrogen and oxygen atoms in total. The number of phenolic OH excluding ortho intramolecular Hbond substituents is 3. The van der Waals surface area contributed by atoms with Gasteiger partial charge in [-0.15, -0.1) is 46.0 Å². The Kier molecular flexibility index (Phi) is 33.8. The number of para-hydroxylation sites is 2. The summed E-state index contributed by atoms with van der Waals surface area (Å²) in [6.07, 6.45) is 14.8. The highest BCUT2D eigenvalue weighted by molar-refractivity contribution is 6.31. The molecular formula is C108H85ClN24O14. The van der Waals surface area contributed by atoms with E-state index in [2.05, 4.69) is 119 Å². The highest BCUT2D eigenvalue weighted by atomic mass is 35.5. The van der Waals surface area contributed by atoms with Gasteiger partial charge in [-0.1, -0.05) is 133 Å². The van der Waals surface area contributed by atoms with Gasteiger partial charge in [0.1, 0.15) is 34.2 Å². The molecule has 13 aromatic carbocycles. The molecule has 0 saturated heterocycles. The summed E-state index contributed by atoms with van der Waals surface area (Å²) in [5.74, 6) is -3.22. The van der Waals surface area contributed by atoms with E-state index in [1.54, 1.807) is 213 Å². The van der Waals surface area contributed by atoms with Gasteiger partial charge >= 0.3 is 0 Å². The number of nitrogens with one attached hydrogen (secondary N) is 6. The standard InChI is InChI=1S/C30H29N5O5.C29H22N6O3.C27H19N7O3.C22H15ClN6O3/c1-2-39-17-6-3-7-18-40-22-14-12-21(13-15-22)33-30(38)25-19-20-9-4-5-10-23(20)26(27(25)36)34-35-29-24(28(31)37)11-8-16-32-29;1-19(36)32-22-12-14-23(15-13-22)38-27-25(28(37)33-21-9-3-2-4-10-21)18-20-8-5-6-11-24(20)26(27)34-35-29-30-16-7-17-31-29;35-23-21(26(37)31-18-9-2-1-3-10-18)16-17-8-4-5-11-19(17)22(23)33-34-24-20(12-6-13-28-24)25(36)32-27-29-14-7-15-30-27;23-14-5-8-16-13(10-14)11-17(20(30)19(16)29-28-18-2-1-9-25-27-18)22(32)26-15-6-3-12(4-7-15)21(24)31/h2,4-5,8-16,19,36H,1,3,6-7,17-18H2,(H2,31,37)(H,33,38);2-18H,1H3,(H,32,36)(H,33,37);1-16,35H,(H,31,37)(H,29,30,32,36);1-11,30H,(H2,24,31)(H,26,32). The molecule has 8 amide bonds. The number of amides is 8. The molecule has 0 atom stereocenters. The predicted molar refractivity (Wildman–Crippen MR) is 556 cm³/mol. The Morgan fingerprint density at radius 1 is 0.361 bits per heavy atom. The van der Waals surface area contributed by atoms with Crippen molar-refractivity contribution in [3.8, 4) is 34.5 Å². The Morgan fingerprint density at radius 3 is 1.30 bits per heavy atom. The van der Waals surface area contributed by atoms with Crippen molar-refractivity contribution in [1.29, 1.82) is 0 Å². The molecular weight excluding hydrogens is 1890 g/mol. The Balaban J connectivity index is 0.000000147. The van der Waals surface area contributed by atoms with E-state index in [0.717, 1.165) is 30.0 Å². The Labute approximate surface area is 841 Å². The highest BCUT2D eigenvalue weighted by Crippen LogP contribution is 2.46. The number of halogens is 1. The number of carbonyl (C=O) groups excluding carboxylic acids is 8. The second kappa shape index (κ2) is 49.3. The van der Waals surface area contributed by atoms with Crippen LogP contribution in [0.1, 0.15) is 98.7 Å². The lowest BCUT2D eigenvalue weighted by Gasteiger charge is -2.16. The van der Waals surface area contributed by atoms with Crippen LogP contribution in [-0.4, -0.2) is 116 Å². The normalized spacial score (nSPS) is 10.9. The number of hydrogen-bond donors (Lipinski definition) is 11. The summed E-state index contributed by atoms with van der Waals surface area (Å²) in [7, 11) is 0. The van der Waals surface area contributed by atoms with E-state index in [-0.39, 0.29) is 115 Å². The molecule has 5 aromatic heterocycles. The molecule has 39 heteroatoms. The molecule has 0 fully saturated rings. The lowest BCUT2D eigenvalue weighted by atomic mass is 10.0. The van der Waals surface area contributed by atoms with Gasteiger partial charge in [0.15, 0.2) is 40.5 Å². The van der Waals surface area contributed by atoms with Gasteiger partial charge in [0.05, 0.1) is 52.9 Å². The van der Waals surface area contributed by atoms with E-state index in [1.807, 2.05) is 54.6 Å². The molecule has 0 aliphatic rings. The molecule has 0 saturated carbocycles. The van der Waals surface area contributed by atoms with E-state index >= 15 is 0 Å². The molecule has 0 aliphatic carbocycles. The van der Waals surface area contributed by atoms with Crippen LogP contribution in [0.25, 0.3) is 43.1 Å². The van der Waals surface area contributed by atoms with Crippen molar-refractivity contribution in [2.45, 2.75) is 26.2 Å². The second-order valence-corrected chi connectivity index (χ2v) is 31.8. The molecule has 147 heavy (non-hydrogen) atoms. The van der Waals surface area contributed by atoms with Gasteiger partial charge in [0, 0.05) is 111 Å². The van der Waals surface area contributed by atoms with Crippen LogP contribution in [0.5, 0.6) is 34.5 Å². The van der Waals surface area contributed by atoms with Crippen LogP contribution >= 0.6 is 11.6 Å². The quantitative estimate of drug-likeness (QED) is 0.0109. The molecule has 0 bridgehead atoms. The second-order valence-electron chi connectivity index (χ2n) is 31.3. The molecule has 13 N–H and O–H groups in total. The van der Waals surface area contributed by atoms with Crippen molar-refractivity contribution in [2.24, 2.45) is 52.4 Å². The number of nitrogens with zero attached hydrogens (tertiary/aromatic N) is 16. The van der Waals surface area contributed by atoms with E-state index < -0.39 is 35.4 Å². The number of primary amides is 2. The summed E-state index contributed by atoms with van der Waals surface area (Å²) < 4.78 is 17.1. The maximum atomic E-state index is 13.5. The topological polar surface area (TPSA) is 551 Å². The third-order valence-electron chi connectivity index (χ3n) is 21.2. The van der Waals surface area contributed by atoms with E-state index in [1.165, 1.54) is 86.6 Å². The van der Waals surface area contributed by atoms with Crippen LogP contribution in [0.2, 0.25) is 5.02 Å². The Bertz CT molecular complexity index is 8020. The average Bonchev–Trinajstić information content (AvgIpc) is 0.778. The van der Waals surface area contributed by atoms with E-state index in [9.17, 15) is 53.7 Å². The molecule has 18 aromatic rings. The van der Waals surface area contributed by atoms with Gasteiger partial charge in [0.25, 0.3) is 41.4 Å². The zero-order chi connectivity index (χ0) is 103. The van der Waals surface area contributed by atoms with Crippen molar-refractivity contribution in [3.05, 3.63) is 397 Å². The summed E-state index contributed by atoms with van der Waals surface area (Å²) in [4.78, 5) is 124. The highest BCUT2D eigenvalue weighted by Gasteiger charge is 2.27. The number of rotatable bonds is 31. The number of ether oxygens (including phenoxy) is 3. The minimum atomic E-state index is -0.713. The fraction of sp³-hybridized carbons (Fsp3) is 0.0556. The number of benzene rings is 13. The average molecular weight is 1980 g/mol. The summed E-state index contributed by atoms with van der Waals surface area (Å²) >= 11 is 6.11. The van der Waals surface area contributed by atoms with Crippen LogP contribution in [0, 0.1) is 0 Å². The summed E-state index contributed by atoms with van der Waals surface area (Å²) in [5, 5.41) is 95.9. The number of azo groups is 4. The van der Waals surface area contributed by atoms with Crippen molar-refractivity contribution in [3.63, 3.8) is 0 Å². The van der Waals surface area contributed by atoms with Gasteiger partial charge in [-0.25, -0.2) is 29.9 Å². The number of unbranched alkanes of at least 4 members (excludes halogenated alkanes) is 2. The monoisotopic (exact) mass is 1980 g/mol. The summed E-state index contributed by atoms with van der Waals surface area (Å²) in [5.41, 5.74) is 14.7. The fourth-order valence-corrected chi connectivity index (χ4v) is 14.5. The van der Waals surface area contributed by atoms with Crippen LogP contribution in [0.3, 0.4) is 0 Å². The molecule has 0 aliphatic heterocycles. The number of phenols is 3. The number of fused-ring (bicyclic) bond motifs is 4. The van der Waals surface area contributed by atoms with Crippen LogP contribution in [0.15, 0.2) is 394 Å². The Hall–Kier alpha value is -20.6. The molecule has 18 rings (SSSR count). The van der Waals surface area contributed by atoms with Gasteiger partial charge < -0.3 is 67.6 Å². The Morgan fingerprint density at radius 2 is 0.782 bits per heavy atom. The third kappa shape index (κ3) is 26.9. The van der Waals surface area contributed by atoms with Crippen molar-refractivity contribution < 1.29 is 67.9 Å². The van der Waals surface area contributed by atoms with Crippen LogP contribution in [0.4, 0.5) is 80.5 Å². The predicted octanol–water partition coefficient (Wildman–Crippen LogP) is 23.9. The first-order valence-electron chi connectivity index (χ1n) is 44.8. The number of aromatic nitrogens is 8. The minimum absolute atomic E-state index is 0.00245. The van der Waals surface area contributed by atoms with Crippen LogP contribution in [-0.2, 0) is 9.53 Å². The smallest absolute Gasteiger partial charge is 0.268 e. The summed E-state index contributed by atoms with van der Waals surface area (Å²) in [6, 6.07) is 83.7. The molecule has 728 valence electrons. The number of anilines is 6. The zero-order valence-corrected chi connectivity index (χ0v) is 78.4. The van der Waals surface area contributed by atoms with Gasteiger partial charge in [0.2, 0.25) is 17.8 Å². The largest absolute Gasteiger partial charge is 0.505 e. The lowest BCUT2D eigenvalue weighted by molar-refractivity contribution is -0.114. The van der Waals surface area contributed by atoms with Crippen molar-refractivity contribution in [2.75, 3.05) is 45.1 Å². The minimum Gasteiger partial charge on any atom is -0.505 e. The first-order chi connectivity index (χ1) is 71.6. The molecule has 0 radical (unpaired) electrons. The molecule has 0 spiro atoms. The van der Waals surface area contributed by atoms with E-state index in [0.29, 0.717) is 102 Å². The number of pyridine rings is 2. The van der Waals surface area contributed by atoms with Gasteiger partial charge in [-0.2, -0.15) is 5.10 Å². The molecule has 5 heterocycles. The first-order valence-corrected chi connectivity index (χ1v) is 45.2. The third-order valence-corrected chi connectivity index (χ3v) is 21.5. The first kappa shape index (κ1) is 101. The fourth-order valence-electron chi connectivity index (χ4n) is 14.3. The van der Waals surface area contributed by atoms with Crippen LogP contribution < -0.4 is 52.8 Å². The van der Waals surface area contributed by atoms with Crippen molar-refractivity contribution in [1.82, 2.24) is 40.1 Å².